The van der Waals surface area contributed by atoms with Gasteiger partial charge in [-0.2, -0.15) is 13.2 Å². The predicted octanol–water partition coefficient (Wildman–Crippen LogP) is 5.44. The van der Waals surface area contributed by atoms with Crippen LogP contribution in [0.25, 0.3) is 0 Å². The van der Waals surface area contributed by atoms with Crippen LogP contribution >= 0.6 is 0 Å². The topological polar surface area (TPSA) is 37.0 Å². The third kappa shape index (κ3) is 5.47. The first-order valence-corrected chi connectivity index (χ1v) is 12.4. The number of benzene rings is 2. The maximum absolute atomic E-state index is 15.6. The summed E-state index contributed by atoms with van der Waals surface area (Å²) in [4.78, 5) is 3.18. The molecule has 0 saturated carbocycles. The van der Waals surface area contributed by atoms with Crippen molar-refractivity contribution in [3.8, 4) is 11.5 Å². The minimum atomic E-state index is -4.56. The molecule has 5 nitrogen and oxygen atoms in total. The second-order valence-corrected chi connectivity index (χ2v) is 9.97. The van der Waals surface area contributed by atoms with E-state index in [9.17, 15) is 17.6 Å². The van der Waals surface area contributed by atoms with Crippen molar-refractivity contribution in [2.75, 3.05) is 45.0 Å². The van der Waals surface area contributed by atoms with Crippen molar-refractivity contribution in [1.82, 2.24) is 9.80 Å². The second kappa shape index (κ2) is 10.2. The molecule has 3 heterocycles. The van der Waals surface area contributed by atoms with Crippen LogP contribution in [0.1, 0.15) is 42.5 Å². The van der Waals surface area contributed by atoms with Crippen LogP contribution in [0.4, 0.5) is 32.0 Å². The van der Waals surface area contributed by atoms with Crippen molar-refractivity contribution >= 4 is 5.69 Å². The van der Waals surface area contributed by atoms with Crippen LogP contribution in [0, 0.1) is 11.6 Å². The summed E-state index contributed by atoms with van der Waals surface area (Å²) in [7, 11) is 0. The number of nitrogens with zero attached hydrogens (tertiary/aromatic N) is 2. The molecular formula is C26H29F6N3O2. The van der Waals surface area contributed by atoms with Gasteiger partial charge >= 0.3 is 6.18 Å². The van der Waals surface area contributed by atoms with Gasteiger partial charge in [0.15, 0.2) is 11.5 Å². The summed E-state index contributed by atoms with van der Waals surface area (Å²) < 4.78 is 95.3. The summed E-state index contributed by atoms with van der Waals surface area (Å²) in [6, 6.07) is 3.50. The molecular weight excluding hydrogens is 500 g/mol. The lowest BCUT2D eigenvalue weighted by molar-refractivity contribution is -0.155. The molecule has 0 aromatic heterocycles. The highest BCUT2D eigenvalue weighted by atomic mass is 19.4. The summed E-state index contributed by atoms with van der Waals surface area (Å²) >= 11 is 0. The van der Waals surface area contributed by atoms with Crippen LogP contribution in [0.2, 0.25) is 0 Å². The molecule has 2 aromatic carbocycles. The van der Waals surface area contributed by atoms with E-state index in [1.165, 1.54) is 6.07 Å². The van der Waals surface area contributed by atoms with E-state index in [1.54, 1.807) is 13.0 Å². The fraction of sp³-hybridized carbons (Fsp3) is 0.538. The minimum absolute atomic E-state index is 0.0276. The van der Waals surface area contributed by atoms with E-state index in [0.29, 0.717) is 42.1 Å². The Morgan fingerprint density at radius 3 is 2.43 bits per heavy atom. The van der Waals surface area contributed by atoms with E-state index in [-0.39, 0.29) is 24.9 Å². The molecule has 3 aliphatic rings. The maximum Gasteiger partial charge on any atom is 0.401 e. The molecule has 5 rings (SSSR count). The van der Waals surface area contributed by atoms with Gasteiger partial charge in [0, 0.05) is 43.0 Å². The number of ether oxygens (including phenoxy) is 2. The van der Waals surface area contributed by atoms with Gasteiger partial charge < -0.3 is 19.7 Å². The third-order valence-electron chi connectivity index (χ3n) is 7.31. The van der Waals surface area contributed by atoms with Gasteiger partial charge in [-0.1, -0.05) is 0 Å². The molecule has 0 aliphatic carbocycles. The molecule has 202 valence electrons. The highest BCUT2D eigenvalue weighted by Gasteiger charge is 2.43. The molecule has 3 aliphatic heterocycles. The number of likely N-dealkylation sites (tertiary alicyclic amines) is 1. The third-order valence-corrected chi connectivity index (χ3v) is 7.31. The standard InChI is InChI=1S/C26H29F6N3O2/c1-15-7-16-8-22-23(37-14-36-22)11-19(16)25(35(15)13-26(30,31)32)24-20(28)9-18(10-21(24)29)33-17-3-6-34(12-17)5-2-4-27/h8-11,15,17,25,33H,2-7,12-14H2,1H3/t15-,17+,25+/m1/s1. The zero-order valence-electron chi connectivity index (χ0n) is 20.4. The predicted molar refractivity (Wildman–Crippen MR) is 126 cm³/mol. The van der Waals surface area contributed by atoms with Gasteiger partial charge in [-0.3, -0.25) is 9.29 Å². The molecule has 11 heteroatoms. The van der Waals surface area contributed by atoms with Gasteiger partial charge in [0.2, 0.25) is 6.79 Å². The number of halogens is 6. The Morgan fingerprint density at radius 1 is 1.05 bits per heavy atom. The molecule has 0 amide bonds. The Balaban J connectivity index is 1.48. The van der Waals surface area contributed by atoms with Gasteiger partial charge in [0.25, 0.3) is 0 Å². The summed E-state index contributed by atoms with van der Waals surface area (Å²) in [5, 5.41) is 3.12. The first kappa shape index (κ1) is 26.0. The summed E-state index contributed by atoms with van der Waals surface area (Å²) in [6.07, 6.45) is -3.13. The Morgan fingerprint density at radius 2 is 1.76 bits per heavy atom. The quantitative estimate of drug-likeness (QED) is 0.484. The zero-order chi connectivity index (χ0) is 26.3. The summed E-state index contributed by atoms with van der Waals surface area (Å²) in [5.74, 6) is -1.05. The van der Waals surface area contributed by atoms with Crippen LogP contribution in [0.5, 0.6) is 11.5 Å². The Kier molecular flexibility index (Phi) is 7.19. The molecule has 1 saturated heterocycles. The van der Waals surface area contributed by atoms with E-state index >= 15 is 8.78 Å². The first-order chi connectivity index (χ1) is 17.6. The smallest absolute Gasteiger partial charge is 0.401 e. The van der Waals surface area contributed by atoms with Crippen molar-refractivity contribution in [3.63, 3.8) is 0 Å². The van der Waals surface area contributed by atoms with Gasteiger partial charge in [0.1, 0.15) is 11.6 Å². The largest absolute Gasteiger partial charge is 0.454 e. The lowest BCUT2D eigenvalue weighted by atomic mass is 9.84. The molecule has 1 fully saturated rings. The van der Waals surface area contributed by atoms with Gasteiger partial charge in [-0.25, -0.2) is 8.78 Å². The Bertz CT molecular complexity index is 1120. The molecule has 37 heavy (non-hydrogen) atoms. The molecule has 0 unspecified atom stereocenters. The van der Waals surface area contributed by atoms with Crippen molar-refractivity contribution in [1.29, 1.82) is 0 Å². The molecule has 3 atom stereocenters. The highest BCUT2D eigenvalue weighted by Crippen LogP contribution is 2.46. The number of anilines is 1. The monoisotopic (exact) mass is 529 g/mol. The number of fused-ring (bicyclic) bond motifs is 2. The van der Waals surface area contributed by atoms with Crippen molar-refractivity contribution in [2.45, 2.75) is 50.5 Å². The van der Waals surface area contributed by atoms with Crippen LogP contribution in [0.3, 0.4) is 0 Å². The van der Waals surface area contributed by atoms with E-state index in [2.05, 4.69) is 10.2 Å². The SMILES string of the molecule is C[C@@H]1Cc2cc3c(cc2[C@@H](c2c(F)cc(N[C@H]4CCN(CCCF)C4)cc2F)N1CC(F)(F)F)OCO3. The van der Waals surface area contributed by atoms with Crippen LogP contribution in [-0.4, -0.2) is 67.7 Å². The van der Waals surface area contributed by atoms with Crippen LogP contribution in [-0.2, 0) is 6.42 Å². The van der Waals surface area contributed by atoms with E-state index in [1.807, 2.05) is 0 Å². The second-order valence-electron chi connectivity index (χ2n) is 9.97. The first-order valence-electron chi connectivity index (χ1n) is 12.4. The molecule has 0 bridgehead atoms. The summed E-state index contributed by atoms with van der Waals surface area (Å²) in [5.41, 5.74) is 0.815. The Hall–Kier alpha value is -2.66. The van der Waals surface area contributed by atoms with E-state index < -0.39 is 48.7 Å². The number of alkyl halides is 4. The highest BCUT2D eigenvalue weighted by molar-refractivity contribution is 5.55. The number of rotatable bonds is 7. The summed E-state index contributed by atoms with van der Waals surface area (Å²) in [6.45, 7) is 1.85. The van der Waals surface area contributed by atoms with E-state index in [4.69, 9.17) is 9.47 Å². The lowest BCUT2D eigenvalue weighted by Gasteiger charge is -2.42. The number of hydrogen-bond acceptors (Lipinski definition) is 5. The van der Waals surface area contributed by atoms with Crippen LogP contribution in [0.15, 0.2) is 24.3 Å². The fourth-order valence-corrected chi connectivity index (χ4v) is 5.68. The van der Waals surface area contributed by atoms with Gasteiger partial charge in [0.05, 0.1) is 19.3 Å². The molecule has 0 spiro atoms. The number of hydrogen-bond donors (Lipinski definition) is 1. The molecule has 1 N–H and O–H groups in total. The lowest BCUT2D eigenvalue weighted by Crippen LogP contribution is -2.47. The number of nitrogens with one attached hydrogen (secondary N) is 1. The van der Waals surface area contributed by atoms with Gasteiger partial charge in [-0.15, -0.1) is 0 Å². The van der Waals surface area contributed by atoms with Crippen molar-refractivity contribution < 1.29 is 35.8 Å². The molecule has 2 aromatic rings. The van der Waals surface area contributed by atoms with Crippen LogP contribution < -0.4 is 14.8 Å². The average molecular weight is 530 g/mol. The fourth-order valence-electron chi connectivity index (χ4n) is 5.68. The molecule has 0 radical (unpaired) electrons. The van der Waals surface area contributed by atoms with Crippen molar-refractivity contribution in [3.05, 3.63) is 52.6 Å². The average Bonchev–Trinajstić information content (AvgIpc) is 3.46. The normalized spacial score (nSPS) is 23.9. The Labute approximate surface area is 211 Å². The van der Waals surface area contributed by atoms with Crippen molar-refractivity contribution in [2.24, 2.45) is 0 Å². The minimum Gasteiger partial charge on any atom is -0.454 e. The van der Waals surface area contributed by atoms with E-state index in [0.717, 1.165) is 30.0 Å². The maximum atomic E-state index is 15.6. The van der Waals surface area contributed by atoms with Gasteiger partial charge in [-0.05, 0) is 61.6 Å². The zero-order valence-corrected chi connectivity index (χ0v) is 20.4.